The van der Waals surface area contributed by atoms with Gasteiger partial charge in [0.25, 0.3) is 0 Å². The van der Waals surface area contributed by atoms with E-state index in [0.29, 0.717) is 17.3 Å². The molecule has 0 aromatic rings. The van der Waals surface area contributed by atoms with Crippen LogP contribution in [0.4, 0.5) is 0 Å². The number of amidine groups is 1. The summed E-state index contributed by atoms with van der Waals surface area (Å²) in [4.78, 5) is 4.67. The third kappa shape index (κ3) is 3.13. The Morgan fingerprint density at radius 3 is 2.73 bits per heavy atom. The zero-order valence-electron chi connectivity index (χ0n) is 9.21. The van der Waals surface area contributed by atoms with Crippen molar-refractivity contribution in [3.8, 4) is 0 Å². The molecule has 2 aliphatic rings. The van der Waals surface area contributed by atoms with Crippen LogP contribution in [0, 0.1) is 0 Å². The second-order valence-corrected chi connectivity index (χ2v) is 6.34. The molecule has 2 unspecified atom stereocenters. The van der Waals surface area contributed by atoms with E-state index in [-0.39, 0.29) is 0 Å². The summed E-state index contributed by atoms with van der Waals surface area (Å²) >= 11 is 5.45. The van der Waals surface area contributed by atoms with Gasteiger partial charge in [0.2, 0.25) is 0 Å². The Balaban J connectivity index is 1.82. The van der Waals surface area contributed by atoms with Gasteiger partial charge in [-0.3, -0.25) is 4.99 Å². The van der Waals surface area contributed by atoms with Crippen molar-refractivity contribution in [2.75, 3.05) is 5.33 Å². The molecule has 2 atom stereocenters. The summed E-state index contributed by atoms with van der Waals surface area (Å²) in [5.74, 6) is 0. The third-order valence-corrected chi connectivity index (χ3v) is 5.64. The molecule has 4 heteroatoms. The van der Waals surface area contributed by atoms with Gasteiger partial charge in [-0.1, -0.05) is 47.0 Å². The second-order valence-electron chi connectivity index (χ2n) is 4.46. The van der Waals surface area contributed by atoms with E-state index in [1.54, 1.807) is 0 Å². The van der Waals surface area contributed by atoms with Crippen molar-refractivity contribution in [3.63, 3.8) is 0 Å². The fourth-order valence-electron chi connectivity index (χ4n) is 2.19. The highest BCUT2D eigenvalue weighted by molar-refractivity contribution is 9.09. The van der Waals surface area contributed by atoms with Gasteiger partial charge in [0.05, 0.1) is 6.04 Å². The number of alkyl halides is 1. The third-order valence-electron chi connectivity index (χ3n) is 3.21. The molecule has 1 aliphatic heterocycles. The summed E-state index contributed by atoms with van der Waals surface area (Å²) in [6, 6.07) is 1.15. The quantitative estimate of drug-likeness (QED) is 0.790. The van der Waals surface area contributed by atoms with Gasteiger partial charge in [0.1, 0.15) is 0 Å². The topological polar surface area (TPSA) is 24.4 Å². The maximum atomic E-state index is 4.67. The first kappa shape index (κ1) is 11.8. The number of nitrogens with zero attached hydrogens (tertiary/aromatic N) is 1. The van der Waals surface area contributed by atoms with Crippen LogP contribution in [0.15, 0.2) is 4.99 Å². The molecule has 1 N–H and O–H groups in total. The van der Waals surface area contributed by atoms with Gasteiger partial charge in [0, 0.05) is 16.6 Å². The predicted molar refractivity (Wildman–Crippen MR) is 72.1 cm³/mol. The van der Waals surface area contributed by atoms with E-state index >= 15 is 0 Å². The van der Waals surface area contributed by atoms with E-state index in [1.165, 1.54) is 37.3 Å². The first-order valence-corrected chi connectivity index (χ1v) is 7.86. The van der Waals surface area contributed by atoms with Gasteiger partial charge in [-0.25, -0.2) is 0 Å². The molecule has 2 nitrogen and oxygen atoms in total. The van der Waals surface area contributed by atoms with Crippen molar-refractivity contribution in [1.29, 1.82) is 0 Å². The monoisotopic (exact) mass is 290 g/mol. The van der Waals surface area contributed by atoms with E-state index in [4.69, 9.17) is 0 Å². The highest BCUT2D eigenvalue weighted by Gasteiger charge is 2.27. The summed E-state index contributed by atoms with van der Waals surface area (Å²) in [7, 11) is 0. The number of nitrogens with one attached hydrogen (secondary N) is 1. The van der Waals surface area contributed by atoms with E-state index in [0.717, 1.165) is 5.33 Å². The number of halogens is 1. The molecule has 0 spiro atoms. The molecule has 1 saturated carbocycles. The van der Waals surface area contributed by atoms with Crippen molar-refractivity contribution in [2.24, 2.45) is 4.99 Å². The van der Waals surface area contributed by atoms with Crippen LogP contribution in [0.5, 0.6) is 0 Å². The zero-order valence-corrected chi connectivity index (χ0v) is 11.6. The number of rotatable bonds is 2. The van der Waals surface area contributed by atoms with Crippen molar-refractivity contribution in [3.05, 3.63) is 0 Å². The van der Waals surface area contributed by atoms with Crippen molar-refractivity contribution in [1.82, 2.24) is 5.32 Å². The molecular formula is C11H19BrN2S. The molecular weight excluding hydrogens is 272 g/mol. The summed E-state index contributed by atoms with van der Waals surface area (Å²) in [5.41, 5.74) is 0. The Hall–Kier alpha value is 0.300. The molecule has 0 aromatic heterocycles. The van der Waals surface area contributed by atoms with Crippen molar-refractivity contribution in [2.45, 2.75) is 56.4 Å². The SMILES string of the molecule is CC1N=C(NC2CCCCC2)SC1CBr. The molecule has 0 amide bonds. The molecule has 15 heavy (non-hydrogen) atoms. The molecule has 1 aliphatic carbocycles. The lowest BCUT2D eigenvalue weighted by atomic mass is 9.96. The lowest BCUT2D eigenvalue weighted by Crippen LogP contribution is -2.34. The first-order valence-electron chi connectivity index (χ1n) is 5.86. The molecule has 0 saturated heterocycles. The molecule has 86 valence electrons. The highest BCUT2D eigenvalue weighted by Crippen LogP contribution is 2.28. The lowest BCUT2D eigenvalue weighted by molar-refractivity contribution is 0.415. The van der Waals surface area contributed by atoms with Crippen LogP contribution in [-0.4, -0.2) is 27.8 Å². The van der Waals surface area contributed by atoms with Gasteiger partial charge in [0.15, 0.2) is 5.17 Å². The van der Waals surface area contributed by atoms with Gasteiger partial charge < -0.3 is 5.32 Å². The smallest absolute Gasteiger partial charge is 0.157 e. The fraction of sp³-hybridized carbons (Fsp3) is 0.909. The Labute approximate surface area is 105 Å². The minimum atomic E-state index is 0.459. The van der Waals surface area contributed by atoms with Crippen LogP contribution < -0.4 is 5.32 Å². The molecule has 1 fully saturated rings. The molecule has 1 heterocycles. The zero-order chi connectivity index (χ0) is 10.7. The number of hydrogen-bond acceptors (Lipinski definition) is 3. The van der Waals surface area contributed by atoms with E-state index in [9.17, 15) is 0 Å². The molecule has 0 radical (unpaired) electrons. The predicted octanol–water partition coefficient (Wildman–Crippen LogP) is 3.16. The first-order chi connectivity index (χ1) is 7.29. The normalized spacial score (nSPS) is 32.8. The summed E-state index contributed by atoms with van der Waals surface area (Å²) < 4.78 is 0. The average Bonchev–Trinajstić information content (AvgIpc) is 2.60. The number of thioether (sulfide) groups is 1. The Bertz CT molecular complexity index is 239. The molecule has 0 aromatic carbocycles. The number of hydrogen-bond donors (Lipinski definition) is 1. The standard InChI is InChI=1S/C11H19BrN2S/c1-8-10(7-12)15-11(13-8)14-9-5-3-2-4-6-9/h8-10H,2-7H2,1H3,(H,13,14). The van der Waals surface area contributed by atoms with Gasteiger partial charge in [-0.15, -0.1) is 0 Å². The maximum absolute atomic E-state index is 4.67. The van der Waals surface area contributed by atoms with Gasteiger partial charge >= 0.3 is 0 Å². The Morgan fingerprint density at radius 2 is 2.13 bits per heavy atom. The molecule has 2 rings (SSSR count). The maximum Gasteiger partial charge on any atom is 0.157 e. The van der Waals surface area contributed by atoms with Crippen molar-refractivity contribution >= 4 is 32.9 Å². The Kier molecular flexibility index (Phi) is 4.38. The lowest BCUT2D eigenvalue weighted by Gasteiger charge is -2.23. The van der Waals surface area contributed by atoms with Crippen LogP contribution in [0.3, 0.4) is 0 Å². The average molecular weight is 291 g/mol. The van der Waals surface area contributed by atoms with Crippen LogP contribution >= 0.6 is 27.7 Å². The Morgan fingerprint density at radius 1 is 1.40 bits per heavy atom. The van der Waals surface area contributed by atoms with Gasteiger partial charge in [-0.2, -0.15) is 0 Å². The van der Waals surface area contributed by atoms with E-state index < -0.39 is 0 Å². The second kappa shape index (κ2) is 5.58. The summed E-state index contributed by atoms with van der Waals surface area (Å²) in [6.45, 7) is 2.20. The highest BCUT2D eigenvalue weighted by atomic mass is 79.9. The van der Waals surface area contributed by atoms with Gasteiger partial charge in [-0.05, 0) is 19.8 Å². The van der Waals surface area contributed by atoms with Crippen LogP contribution in [0.1, 0.15) is 39.0 Å². The van der Waals surface area contributed by atoms with Crippen LogP contribution in [-0.2, 0) is 0 Å². The number of aliphatic imine (C=N–C) groups is 1. The summed E-state index contributed by atoms with van der Waals surface area (Å²) in [6.07, 6.45) is 6.83. The van der Waals surface area contributed by atoms with Crippen LogP contribution in [0.2, 0.25) is 0 Å². The minimum absolute atomic E-state index is 0.459. The van der Waals surface area contributed by atoms with E-state index in [2.05, 4.69) is 33.2 Å². The molecule has 0 bridgehead atoms. The van der Waals surface area contributed by atoms with E-state index in [1.807, 2.05) is 11.8 Å². The summed E-state index contributed by atoms with van der Waals surface area (Å²) in [5, 5.41) is 6.45. The van der Waals surface area contributed by atoms with Crippen LogP contribution in [0.25, 0.3) is 0 Å². The fourth-order valence-corrected chi connectivity index (χ4v) is 4.20. The minimum Gasteiger partial charge on any atom is -0.362 e. The van der Waals surface area contributed by atoms with Crippen molar-refractivity contribution < 1.29 is 0 Å². The largest absolute Gasteiger partial charge is 0.362 e.